The van der Waals surface area contributed by atoms with Gasteiger partial charge in [-0.05, 0) is 37.5 Å². The van der Waals surface area contributed by atoms with Crippen molar-refractivity contribution in [3.05, 3.63) is 29.8 Å². The van der Waals surface area contributed by atoms with Crippen LogP contribution in [-0.4, -0.2) is 30.3 Å². The molecule has 0 spiro atoms. The molecule has 7 heteroatoms. The van der Waals surface area contributed by atoms with Crippen molar-refractivity contribution in [1.29, 1.82) is 0 Å². The van der Waals surface area contributed by atoms with Crippen LogP contribution in [0.1, 0.15) is 42.5 Å². The van der Waals surface area contributed by atoms with Gasteiger partial charge in [0.25, 0.3) is 5.91 Å². The molecule has 2 rings (SSSR count). The van der Waals surface area contributed by atoms with Gasteiger partial charge in [0, 0.05) is 36.2 Å². The van der Waals surface area contributed by atoms with Crippen LogP contribution in [0, 0.1) is 5.92 Å². The highest BCUT2D eigenvalue weighted by atomic mass is 16.2. The molecule has 0 saturated heterocycles. The molecule has 2 atom stereocenters. The highest BCUT2D eigenvalue weighted by Gasteiger charge is 2.25. The highest BCUT2D eigenvalue weighted by molar-refractivity contribution is 5.97. The van der Waals surface area contributed by atoms with Crippen molar-refractivity contribution in [3.8, 4) is 0 Å². The zero-order valence-electron chi connectivity index (χ0n) is 13.6. The van der Waals surface area contributed by atoms with Gasteiger partial charge in [0.2, 0.25) is 11.8 Å². The molecule has 130 valence electrons. The zero-order chi connectivity index (χ0) is 17.5. The zero-order valence-corrected chi connectivity index (χ0v) is 13.6. The van der Waals surface area contributed by atoms with Crippen LogP contribution in [0.3, 0.4) is 0 Å². The summed E-state index contributed by atoms with van der Waals surface area (Å²) >= 11 is 0. The summed E-state index contributed by atoms with van der Waals surface area (Å²) in [5, 5.41) is 5.46. The first-order chi connectivity index (χ1) is 11.5. The molecule has 1 fully saturated rings. The van der Waals surface area contributed by atoms with Gasteiger partial charge in [0.05, 0.1) is 0 Å². The molecule has 6 N–H and O–H groups in total. The number of rotatable bonds is 6. The van der Waals surface area contributed by atoms with Crippen molar-refractivity contribution in [1.82, 2.24) is 5.32 Å². The molecule has 1 aromatic carbocycles. The first-order valence-electron chi connectivity index (χ1n) is 8.18. The van der Waals surface area contributed by atoms with Crippen molar-refractivity contribution in [2.75, 3.05) is 11.9 Å². The SMILES string of the molecule is NC(=O)CCNC(=O)c1cccc(NC(=O)C2CCCC(N)C2)c1. The number of benzene rings is 1. The monoisotopic (exact) mass is 332 g/mol. The minimum Gasteiger partial charge on any atom is -0.370 e. The summed E-state index contributed by atoms with van der Waals surface area (Å²) in [6, 6.07) is 6.77. The molecule has 2 unspecified atom stereocenters. The lowest BCUT2D eigenvalue weighted by molar-refractivity contribution is -0.121. The second-order valence-corrected chi connectivity index (χ2v) is 6.17. The Bertz CT molecular complexity index is 618. The number of nitrogens with one attached hydrogen (secondary N) is 2. The molecule has 1 aliphatic rings. The van der Waals surface area contributed by atoms with E-state index in [1.54, 1.807) is 24.3 Å². The van der Waals surface area contributed by atoms with Crippen molar-refractivity contribution in [3.63, 3.8) is 0 Å². The van der Waals surface area contributed by atoms with Gasteiger partial charge in [-0.3, -0.25) is 14.4 Å². The van der Waals surface area contributed by atoms with Crippen molar-refractivity contribution in [2.24, 2.45) is 17.4 Å². The van der Waals surface area contributed by atoms with Crippen molar-refractivity contribution < 1.29 is 14.4 Å². The van der Waals surface area contributed by atoms with Gasteiger partial charge in [0.1, 0.15) is 0 Å². The fourth-order valence-corrected chi connectivity index (χ4v) is 2.85. The molecule has 1 aliphatic carbocycles. The summed E-state index contributed by atoms with van der Waals surface area (Å²) < 4.78 is 0. The summed E-state index contributed by atoms with van der Waals surface area (Å²) in [6.45, 7) is 0.185. The number of nitrogens with two attached hydrogens (primary N) is 2. The van der Waals surface area contributed by atoms with Crippen LogP contribution in [0.2, 0.25) is 0 Å². The van der Waals surface area contributed by atoms with Crippen LogP contribution < -0.4 is 22.1 Å². The fourth-order valence-electron chi connectivity index (χ4n) is 2.85. The number of hydrogen-bond donors (Lipinski definition) is 4. The summed E-state index contributed by atoms with van der Waals surface area (Å²) in [5.41, 5.74) is 11.9. The van der Waals surface area contributed by atoms with E-state index in [9.17, 15) is 14.4 Å². The third kappa shape index (κ3) is 5.34. The Kier molecular flexibility index (Phi) is 6.31. The quantitative estimate of drug-likeness (QED) is 0.613. The van der Waals surface area contributed by atoms with Gasteiger partial charge in [-0.1, -0.05) is 12.5 Å². The predicted molar refractivity (Wildman–Crippen MR) is 91.1 cm³/mol. The molecule has 24 heavy (non-hydrogen) atoms. The van der Waals surface area contributed by atoms with E-state index in [0.717, 1.165) is 19.3 Å². The lowest BCUT2D eigenvalue weighted by Crippen LogP contribution is -2.34. The molecule has 0 heterocycles. The lowest BCUT2D eigenvalue weighted by Gasteiger charge is -2.25. The Morgan fingerprint density at radius 1 is 1.21 bits per heavy atom. The normalized spacial score (nSPS) is 20.2. The van der Waals surface area contributed by atoms with Crippen LogP contribution in [0.5, 0.6) is 0 Å². The number of carbonyl (C=O) groups is 3. The van der Waals surface area contributed by atoms with E-state index in [0.29, 0.717) is 17.7 Å². The van der Waals surface area contributed by atoms with Gasteiger partial charge in [-0.2, -0.15) is 0 Å². The maximum absolute atomic E-state index is 12.3. The molecular formula is C17H24N4O3. The Balaban J connectivity index is 1.93. The Morgan fingerprint density at radius 3 is 2.71 bits per heavy atom. The maximum atomic E-state index is 12.3. The minimum atomic E-state index is -0.470. The summed E-state index contributed by atoms with van der Waals surface area (Å²) in [4.78, 5) is 35.0. The van der Waals surface area contributed by atoms with Crippen LogP contribution in [0.15, 0.2) is 24.3 Å². The number of carbonyl (C=O) groups excluding carboxylic acids is 3. The lowest BCUT2D eigenvalue weighted by atomic mass is 9.85. The van der Waals surface area contributed by atoms with Crippen molar-refractivity contribution in [2.45, 2.75) is 38.1 Å². The number of hydrogen-bond acceptors (Lipinski definition) is 4. The average Bonchev–Trinajstić information content (AvgIpc) is 2.54. The number of primary amides is 1. The molecule has 7 nitrogen and oxygen atoms in total. The van der Waals surface area contributed by atoms with E-state index in [4.69, 9.17) is 11.5 Å². The molecular weight excluding hydrogens is 308 g/mol. The Labute approximate surface area is 141 Å². The van der Waals surface area contributed by atoms with E-state index >= 15 is 0 Å². The summed E-state index contributed by atoms with van der Waals surface area (Å²) in [5.74, 6) is -0.924. The molecule has 1 saturated carbocycles. The van der Waals surface area contributed by atoms with E-state index < -0.39 is 5.91 Å². The second kappa shape index (κ2) is 8.44. The number of anilines is 1. The van der Waals surface area contributed by atoms with E-state index in [-0.39, 0.29) is 36.7 Å². The summed E-state index contributed by atoms with van der Waals surface area (Å²) in [7, 11) is 0. The van der Waals surface area contributed by atoms with Gasteiger partial charge in [-0.25, -0.2) is 0 Å². The Morgan fingerprint density at radius 2 is 2.00 bits per heavy atom. The molecule has 0 radical (unpaired) electrons. The molecule has 3 amide bonds. The first-order valence-corrected chi connectivity index (χ1v) is 8.18. The van der Waals surface area contributed by atoms with Crippen molar-refractivity contribution >= 4 is 23.4 Å². The largest absolute Gasteiger partial charge is 0.370 e. The maximum Gasteiger partial charge on any atom is 0.251 e. The fraction of sp³-hybridized carbons (Fsp3) is 0.471. The van der Waals surface area contributed by atoms with Crippen LogP contribution in [-0.2, 0) is 9.59 Å². The summed E-state index contributed by atoms with van der Waals surface area (Å²) in [6.07, 6.45) is 3.54. The smallest absolute Gasteiger partial charge is 0.251 e. The standard InChI is InChI=1S/C17H24N4O3/c18-13-5-1-3-11(9-13)17(24)21-14-6-2-4-12(10-14)16(23)20-8-7-15(19)22/h2,4,6,10-11,13H,1,3,5,7-9,18H2,(H2,19,22)(H,20,23)(H,21,24). The first kappa shape index (κ1) is 17.9. The predicted octanol–water partition coefficient (Wildman–Crippen LogP) is 0.748. The molecule has 0 bridgehead atoms. The van der Waals surface area contributed by atoms with E-state index in [1.165, 1.54) is 0 Å². The van der Waals surface area contributed by atoms with Gasteiger partial charge in [0.15, 0.2) is 0 Å². The highest BCUT2D eigenvalue weighted by Crippen LogP contribution is 2.24. The van der Waals surface area contributed by atoms with Crippen LogP contribution >= 0.6 is 0 Å². The molecule has 0 aliphatic heterocycles. The van der Waals surface area contributed by atoms with E-state index in [1.807, 2.05) is 0 Å². The second-order valence-electron chi connectivity index (χ2n) is 6.17. The topological polar surface area (TPSA) is 127 Å². The molecule has 0 aromatic heterocycles. The van der Waals surface area contributed by atoms with Crippen LogP contribution in [0.25, 0.3) is 0 Å². The van der Waals surface area contributed by atoms with E-state index in [2.05, 4.69) is 10.6 Å². The average molecular weight is 332 g/mol. The number of amides is 3. The van der Waals surface area contributed by atoms with Crippen LogP contribution in [0.4, 0.5) is 5.69 Å². The third-order valence-electron chi connectivity index (χ3n) is 4.13. The van der Waals surface area contributed by atoms with Gasteiger partial charge in [-0.15, -0.1) is 0 Å². The van der Waals surface area contributed by atoms with Gasteiger partial charge >= 0.3 is 0 Å². The molecule has 1 aromatic rings. The third-order valence-corrected chi connectivity index (χ3v) is 4.13. The minimum absolute atomic E-state index is 0.0589. The Hall–Kier alpha value is -2.41. The van der Waals surface area contributed by atoms with Gasteiger partial charge < -0.3 is 22.1 Å².